The molecule has 2 heterocycles. The summed E-state index contributed by atoms with van der Waals surface area (Å²) in [7, 11) is 1.63. The Morgan fingerprint density at radius 2 is 2.43 bits per heavy atom. The summed E-state index contributed by atoms with van der Waals surface area (Å²) in [5, 5.41) is 0. The monoisotopic (exact) mass is 255 g/mol. The number of pyridine rings is 1. The van der Waals surface area contributed by atoms with Crippen molar-refractivity contribution in [3.63, 3.8) is 0 Å². The number of nitrogens with two attached hydrogens (primary N) is 1. The average molecular weight is 256 g/mol. The zero-order chi connectivity index (χ0) is 10.1. The minimum Gasteiger partial charge on any atom is -0.497 e. The van der Waals surface area contributed by atoms with E-state index >= 15 is 0 Å². The maximum atomic E-state index is 5.55. The molecule has 0 aliphatic carbocycles. The van der Waals surface area contributed by atoms with Gasteiger partial charge in [-0.2, -0.15) is 0 Å². The molecule has 0 unspecified atom stereocenters. The highest BCUT2D eigenvalue weighted by atomic mass is 79.9. The molecule has 0 bridgehead atoms. The molecule has 0 aromatic carbocycles. The third kappa shape index (κ3) is 1.38. The Labute approximate surface area is 89.8 Å². The van der Waals surface area contributed by atoms with Gasteiger partial charge in [0.25, 0.3) is 0 Å². The molecule has 4 nitrogen and oxygen atoms in total. The van der Waals surface area contributed by atoms with Gasteiger partial charge in [0, 0.05) is 18.8 Å². The van der Waals surface area contributed by atoms with E-state index in [4.69, 9.17) is 10.5 Å². The molecule has 2 aromatic heterocycles. The van der Waals surface area contributed by atoms with Crippen molar-refractivity contribution in [1.29, 1.82) is 0 Å². The first-order valence-electron chi connectivity index (χ1n) is 4.17. The zero-order valence-electron chi connectivity index (χ0n) is 7.70. The molecule has 0 spiro atoms. The highest BCUT2D eigenvalue weighted by Gasteiger charge is 2.08. The number of rotatable bonds is 2. The Bertz CT molecular complexity index is 466. The van der Waals surface area contributed by atoms with Crippen molar-refractivity contribution in [2.24, 2.45) is 5.73 Å². The third-order valence-corrected chi connectivity index (χ3v) is 2.87. The van der Waals surface area contributed by atoms with E-state index < -0.39 is 0 Å². The second kappa shape index (κ2) is 3.59. The van der Waals surface area contributed by atoms with E-state index in [1.54, 1.807) is 7.11 Å². The number of hydrogen-bond acceptors (Lipinski definition) is 3. The van der Waals surface area contributed by atoms with E-state index in [9.17, 15) is 0 Å². The first-order chi connectivity index (χ1) is 6.76. The summed E-state index contributed by atoms with van der Waals surface area (Å²) in [6.45, 7) is 0.421. The van der Waals surface area contributed by atoms with Crippen LogP contribution in [0.4, 0.5) is 0 Å². The molecule has 0 amide bonds. The molecule has 0 aliphatic rings. The lowest BCUT2D eigenvalue weighted by Crippen LogP contribution is -1.96. The smallest absolute Gasteiger partial charge is 0.141 e. The van der Waals surface area contributed by atoms with Crippen molar-refractivity contribution in [2.45, 2.75) is 6.54 Å². The average Bonchev–Trinajstić information content (AvgIpc) is 2.55. The van der Waals surface area contributed by atoms with Crippen LogP contribution in [0.15, 0.2) is 22.9 Å². The number of halogens is 1. The van der Waals surface area contributed by atoms with Crippen molar-refractivity contribution in [2.75, 3.05) is 7.11 Å². The Morgan fingerprint density at radius 1 is 1.64 bits per heavy atom. The van der Waals surface area contributed by atoms with E-state index in [0.29, 0.717) is 6.54 Å². The van der Waals surface area contributed by atoms with Crippen LogP contribution in [0, 0.1) is 0 Å². The fraction of sp³-hybridized carbons (Fsp3) is 0.222. The van der Waals surface area contributed by atoms with E-state index in [1.807, 2.05) is 22.7 Å². The minimum absolute atomic E-state index is 0.421. The van der Waals surface area contributed by atoms with Crippen LogP contribution in [0.25, 0.3) is 5.65 Å². The Hall–Kier alpha value is -1.07. The largest absolute Gasteiger partial charge is 0.497 e. The molecular formula is C9H10BrN3O. The second-order valence-corrected chi connectivity index (χ2v) is 3.60. The number of methoxy groups -OCH3 is 1. The topological polar surface area (TPSA) is 52.5 Å². The van der Waals surface area contributed by atoms with Crippen molar-refractivity contribution < 1.29 is 4.74 Å². The van der Waals surface area contributed by atoms with Crippen LogP contribution in [-0.4, -0.2) is 16.5 Å². The lowest BCUT2D eigenvalue weighted by atomic mass is 10.4. The quantitative estimate of drug-likeness (QED) is 0.887. The van der Waals surface area contributed by atoms with Crippen molar-refractivity contribution in [3.8, 4) is 5.75 Å². The van der Waals surface area contributed by atoms with Crippen LogP contribution >= 0.6 is 15.9 Å². The van der Waals surface area contributed by atoms with Crippen molar-refractivity contribution in [3.05, 3.63) is 28.6 Å². The normalized spacial score (nSPS) is 10.8. The van der Waals surface area contributed by atoms with Crippen LogP contribution < -0.4 is 10.5 Å². The van der Waals surface area contributed by atoms with Gasteiger partial charge < -0.3 is 10.5 Å². The van der Waals surface area contributed by atoms with Gasteiger partial charge in [-0.15, -0.1) is 0 Å². The molecule has 5 heteroatoms. The summed E-state index contributed by atoms with van der Waals surface area (Å²) < 4.78 is 7.93. The molecule has 0 radical (unpaired) electrons. The number of imidazole rings is 1. The van der Waals surface area contributed by atoms with Crippen LogP contribution in [0.5, 0.6) is 5.75 Å². The molecule has 74 valence electrons. The first-order valence-corrected chi connectivity index (χ1v) is 4.96. The van der Waals surface area contributed by atoms with E-state index in [1.165, 1.54) is 0 Å². The molecule has 0 aliphatic heterocycles. The van der Waals surface area contributed by atoms with Gasteiger partial charge in [0.1, 0.15) is 16.0 Å². The fourth-order valence-corrected chi connectivity index (χ4v) is 1.85. The van der Waals surface area contributed by atoms with Gasteiger partial charge in [-0.05, 0) is 22.0 Å². The SMILES string of the molecule is COc1ccn2c(Br)c(CN)nc2c1. The maximum absolute atomic E-state index is 5.55. The number of hydrogen-bond donors (Lipinski definition) is 1. The highest BCUT2D eigenvalue weighted by molar-refractivity contribution is 9.10. The van der Waals surface area contributed by atoms with Crippen molar-refractivity contribution >= 4 is 21.6 Å². The first kappa shape index (κ1) is 9.48. The van der Waals surface area contributed by atoms with Crippen molar-refractivity contribution in [1.82, 2.24) is 9.38 Å². The van der Waals surface area contributed by atoms with Gasteiger partial charge in [-0.25, -0.2) is 4.98 Å². The number of nitrogens with zero attached hydrogens (tertiary/aromatic N) is 2. The summed E-state index contributed by atoms with van der Waals surface area (Å²) in [5.74, 6) is 0.790. The zero-order valence-corrected chi connectivity index (χ0v) is 9.28. The van der Waals surface area contributed by atoms with Gasteiger partial charge >= 0.3 is 0 Å². The van der Waals surface area contributed by atoms with Gasteiger partial charge in [0.2, 0.25) is 0 Å². The number of fused-ring (bicyclic) bond motifs is 1. The Balaban J connectivity index is 2.66. The van der Waals surface area contributed by atoms with Crippen LogP contribution in [0.2, 0.25) is 0 Å². The molecule has 14 heavy (non-hydrogen) atoms. The number of aromatic nitrogens is 2. The molecule has 0 saturated heterocycles. The third-order valence-electron chi connectivity index (χ3n) is 2.03. The number of ether oxygens (including phenoxy) is 1. The summed E-state index contributed by atoms with van der Waals surface area (Å²) in [6.07, 6.45) is 1.89. The summed E-state index contributed by atoms with van der Waals surface area (Å²) in [5.41, 5.74) is 7.22. The van der Waals surface area contributed by atoms with Gasteiger partial charge in [0.05, 0.1) is 12.8 Å². The van der Waals surface area contributed by atoms with Gasteiger partial charge in [-0.1, -0.05) is 0 Å². The lowest BCUT2D eigenvalue weighted by molar-refractivity contribution is 0.414. The lowest BCUT2D eigenvalue weighted by Gasteiger charge is -1.99. The van der Waals surface area contributed by atoms with E-state index in [2.05, 4.69) is 20.9 Å². The molecule has 2 N–H and O–H groups in total. The highest BCUT2D eigenvalue weighted by Crippen LogP contribution is 2.21. The van der Waals surface area contributed by atoms with Crippen LogP contribution in [0.1, 0.15) is 5.69 Å². The van der Waals surface area contributed by atoms with Crippen LogP contribution in [0.3, 0.4) is 0 Å². The molecular weight excluding hydrogens is 246 g/mol. The van der Waals surface area contributed by atoms with Gasteiger partial charge in [-0.3, -0.25) is 4.40 Å². The Kier molecular flexibility index (Phi) is 2.43. The van der Waals surface area contributed by atoms with Crippen LogP contribution in [-0.2, 0) is 6.54 Å². The molecule has 0 saturated carbocycles. The van der Waals surface area contributed by atoms with E-state index in [0.717, 1.165) is 21.7 Å². The summed E-state index contributed by atoms with van der Waals surface area (Å²) in [4.78, 5) is 4.35. The molecule has 2 aromatic rings. The molecule has 0 atom stereocenters. The minimum atomic E-state index is 0.421. The van der Waals surface area contributed by atoms with E-state index in [-0.39, 0.29) is 0 Å². The predicted molar refractivity (Wildman–Crippen MR) is 57.3 cm³/mol. The fourth-order valence-electron chi connectivity index (χ4n) is 1.30. The predicted octanol–water partition coefficient (Wildman–Crippen LogP) is 1.56. The molecule has 2 rings (SSSR count). The second-order valence-electron chi connectivity index (χ2n) is 2.85. The standard InChI is InChI=1S/C9H10BrN3O/c1-14-6-2-3-13-8(4-6)12-7(5-11)9(13)10/h2-4H,5,11H2,1H3. The van der Waals surface area contributed by atoms with Gasteiger partial charge in [0.15, 0.2) is 0 Å². The Morgan fingerprint density at radius 3 is 3.07 bits per heavy atom. The summed E-state index contributed by atoms with van der Waals surface area (Å²) >= 11 is 3.44. The summed E-state index contributed by atoms with van der Waals surface area (Å²) in [6, 6.07) is 3.74. The molecule has 0 fully saturated rings. The maximum Gasteiger partial charge on any atom is 0.141 e.